The summed E-state index contributed by atoms with van der Waals surface area (Å²) in [5.74, 6) is -0.568. The van der Waals surface area contributed by atoms with Crippen LogP contribution < -0.4 is 14.8 Å². The molecule has 1 fully saturated rings. The summed E-state index contributed by atoms with van der Waals surface area (Å²) < 4.78 is 33.8. The van der Waals surface area contributed by atoms with Crippen LogP contribution in [0.4, 0.5) is 5.82 Å². The van der Waals surface area contributed by atoms with E-state index in [1.54, 1.807) is 30.6 Å². The third kappa shape index (κ3) is 5.20. The second kappa shape index (κ2) is 9.31. The molecule has 3 aromatic rings. The topological polar surface area (TPSA) is 123 Å². The number of carbonyl (C=O) groups excluding carboxylic acids is 1. The van der Waals surface area contributed by atoms with Crippen LogP contribution in [-0.4, -0.2) is 35.3 Å². The third-order valence-electron chi connectivity index (χ3n) is 5.07. The molecule has 0 bridgehead atoms. The maximum absolute atomic E-state index is 12.8. The van der Waals surface area contributed by atoms with Crippen molar-refractivity contribution in [2.24, 2.45) is 0 Å². The summed E-state index contributed by atoms with van der Waals surface area (Å²) in [5.41, 5.74) is 1.74. The van der Waals surface area contributed by atoms with Gasteiger partial charge in [0.1, 0.15) is 6.61 Å². The highest BCUT2D eigenvalue weighted by Gasteiger charge is 2.24. The number of nitrogens with one attached hydrogen (secondary N) is 2. The molecule has 1 aromatic carbocycles. The number of pyridine rings is 1. The molecule has 2 heterocycles. The number of sulfonamides is 1. The monoisotopic (exact) mass is 453 g/mol. The molecular formula is C22H23N5O4S. The minimum atomic E-state index is -3.93. The zero-order chi connectivity index (χ0) is 22.6. The van der Waals surface area contributed by atoms with Gasteiger partial charge in [0, 0.05) is 24.0 Å². The molecule has 1 aliphatic rings. The van der Waals surface area contributed by atoms with E-state index in [1.165, 1.54) is 18.3 Å². The molecule has 1 saturated carbocycles. The first-order valence-electron chi connectivity index (χ1n) is 10.2. The number of anilines is 1. The average molecular weight is 454 g/mol. The lowest BCUT2D eigenvalue weighted by Crippen LogP contribution is -2.39. The van der Waals surface area contributed by atoms with Gasteiger partial charge in [0.25, 0.3) is 21.8 Å². The summed E-state index contributed by atoms with van der Waals surface area (Å²) in [5, 5.41) is 2.89. The van der Waals surface area contributed by atoms with Crippen molar-refractivity contribution in [3.05, 3.63) is 71.8 Å². The van der Waals surface area contributed by atoms with E-state index in [9.17, 15) is 13.2 Å². The molecule has 4 rings (SSSR count). The van der Waals surface area contributed by atoms with Crippen molar-refractivity contribution in [3.8, 4) is 5.88 Å². The number of nitrogens with zero attached hydrogens (tertiary/aromatic N) is 3. The Morgan fingerprint density at radius 2 is 1.94 bits per heavy atom. The summed E-state index contributed by atoms with van der Waals surface area (Å²) in [4.78, 5) is 25.0. The molecule has 9 nitrogen and oxygen atoms in total. The van der Waals surface area contributed by atoms with Crippen LogP contribution in [0.1, 0.15) is 40.9 Å². The number of amides is 1. The van der Waals surface area contributed by atoms with Gasteiger partial charge in [-0.3, -0.25) is 14.5 Å². The zero-order valence-electron chi connectivity index (χ0n) is 17.5. The van der Waals surface area contributed by atoms with E-state index in [1.807, 2.05) is 13.0 Å². The Morgan fingerprint density at radius 3 is 2.59 bits per heavy atom. The normalized spacial score (nSPS) is 13.8. The number of rotatable bonds is 8. The van der Waals surface area contributed by atoms with Crippen LogP contribution in [0.3, 0.4) is 0 Å². The van der Waals surface area contributed by atoms with Gasteiger partial charge >= 0.3 is 0 Å². The predicted octanol–water partition coefficient (Wildman–Crippen LogP) is 2.84. The van der Waals surface area contributed by atoms with Gasteiger partial charge in [-0.25, -0.2) is 18.4 Å². The van der Waals surface area contributed by atoms with Gasteiger partial charge in [-0.2, -0.15) is 0 Å². The molecule has 166 valence electrons. The summed E-state index contributed by atoms with van der Waals surface area (Å²) >= 11 is 0. The number of benzene rings is 1. The van der Waals surface area contributed by atoms with Crippen LogP contribution >= 0.6 is 0 Å². The molecule has 0 saturated heterocycles. The van der Waals surface area contributed by atoms with Gasteiger partial charge in [-0.05, 0) is 44.4 Å². The average Bonchev–Trinajstić information content (AvgIpc) is 2.76. The molecule has 1 aliphatic carbocycles. The van der Waals surface area contributed by atoms with Crippen molar-refractivity contribution in [1.82, 2.24) is 20.3 Å². The number of aromatic nitrogens is 3. The van der Waals surface area contributed by atoms with Gasteiger partial charge in [0.2, 0.25) is 5.82 Å². The number of hydrogen-bond donors (Lipinski definition) is 2. The maximum atomic E-state index is 12.8. The lowest BCUT2D eigenvalue weighted by atomic mass is 9.93. The molecule has 1 amide bonds. The van der Waals surface area contributed by atoms with Crippen LogP contribution in [0, 0.1) is 6.92 Å². The maximum Gasteiger partial charge on any atom is 0.271 e. The minimum Gasteiger partial charge on any atom is -0.470 e. The van der Waals surface area contributed by atoms with E-state index in [4.69, 9.17) is 4.74 Å². The lowest BCUT2D eigenvalue weighted by Gasteiger charge is -2.26. The number of hydrogen-bond acceptors (Lipinski definition) is 7. The molecule has 2 aromatic heterocycles. The Labute approximate surface area is 186 Å². The number of ether oxygens (including phenoxy) is 1. The zero-order valence-corrected chi connectivity index (χ0v) is 18.3. The smallest absolute Gasteiger partial charge is 0.271 e. The van der Waals surface area contributed by atoms with E-state index in [0.717, 1.165) is 30.4 Å². The fraction of sp³-hybridized carbons (Fsp3) is 0.273. The standard InChI is InChI=1S/C22H23N5O4S/c1-15-7-9-18(10-8-15)32(29,30)27-20-22(31-14-16-4-3-11-23-12-16)26-19(13-24-20)21(28)25-17-5-2-6-17/h3-4,7-13,17H,2,5-6,14H2,1H3,(H,24,27)(H,25,28). The first-order chi connectivity index (χ1) is 15.4. The Hall–Kier alpha value is -3.53. The molecular weight excluding hydrogens is 430 g/mol. The first kappa shape index (κ1) is 21.7. The van der Waals surface area contributed by atoms with Gasteiger partial charge < -0.3 is 10.1 Å². The summed E-state index contributed by atoms with van der Waals surface area (Å²) in [6.45, 7) is 1.95. The van der Waals surface area contributed by atoms with Crippen LogP contribution in [0.25, 0.3) is 0 Å². The van der Waals surface area contributed by atoms with E-state index in [0.29, 0.717) is 0 Å². The predicted molar refractivity (Wildman–Crippen MR) is 118 cm³/mol. The van der Waals surface area contributed by atoms with Gasteiger partial charge in [-0.15, -0.1) is 0 Å². The van der Waals surface area contributed by atoms with Crippen LogP contribution in [-0.2, 0) is 16.6 Å². The quantitative estimate of drug-likeness (QED) is 0.537. The third-order valence-corrected chi connectivity index (χ3v) is 6.43. The fourth-order valence-electron chi connectivity index (χ4n) is 3.00. The Balaban J connectivity index is 1.60. The molecule has 0 aliphatic heterocycles. The Morgan fingerprint density at radius 1 is 1.16 bits per heavy atom. The Bertz CT molecular complexity index is 1200. The van der Waals surface area contributed by atoms with E-state index in [2.05, 4.69) is 25.0 Å². The van der Waals surface area contributed by atoms with Crippen molar-refractivity contribution in [2.75, 3.05) is 4.72 Å². The molecule has 0 radical (unpaired) electrons. The second-order valence-corrected chi connectivity index (χ2v) is 9.26. The lowest BCUT2D eigenvalue weighted by molar-refractivity contribution is 0.0910. The van der Waals surface area contributed by atoms with Gasteiger partial charge in [-0.1, -0.05) is 23.8 Å². The van der Waals surface area contributed by atoms with Crippen molar-refractivity contribution < 1.29 is 17.9 Å². The number of carbonyl (C=O) groups is 1. The largest absolute Gasteiger partial charge is 0.470 e. The SMILES string of the molecule is Cc1ccc(S(=O)(=O)Nc2ncc(C(=O)NC3CCC3)nc2OCc2cccnc2)cc1. The van der Waals surface area contributed by atoms with Crippen molar-refractivity contribution in [3.63, 3.8) is 0 Å². The first-order valence-corrected chi connectivity index (χ1v) is 11.7. The van der Waals surface area contributed by atoms with Gasteiger partial charge in [0.05, 0.1) is 11.1 Å². The van der Waals surface area contributed by atoms with E-state index in [-0.39, 0.29) is 40.8 Å². The molecule has 10 heteroatoms. The van der Waals surface area contributed by atoms with Crippen LogP contribution in [0.15, 0.2) is 59.9 Å². The summed E-state index contributed by atoms with van der Waals surface area (Å²) in [6, 6.07) is 10.1. The minimum absolute atomic E-state index is 0.0522. The fourth-order valence-corrected chi connectivity index (χ4v) is 4.01. The highest BCUT2D eigenvalue weighted by atomic mass is 32.2. The van der Waals surface area contributed by atoms with Crippen LogP contribution in [0.5, 0.6) is 5.88 Å². The molecule has 0 unspecified atom stereocenters. The number of aryl methyl sites for hydroxylation is 1. The Kier molecular flexibility index (Phi) is 6.31. The van der Waals surface area contributed by atoms with Gasteiger partial charge in [0.15, 0.2) is 5.69 Å². The summed E-state index contributed by atoms with van der Waals surface area (Å²) in [6.07, 6.45) is 7.43. The highest BCUT2D eigenvalue weighted by molar-refractivity contribution is 7.92. The highest BCUT2D eigenvalue weighted by Crippen LogP contribution is 2.25. The van der Waals surface area contributed by atoms with Crippen molar-refractivity contribution in [1.29, 1.82) is 0 Å². The van der Waals surface area contributed by atoms with Crippen LogP contribution in [0.2, 0.25) is 0 Å². The van der Waals surface area contributed by atoms with Crippen molar-refractivity contribution in [2.45, 2.75) is 43.7 Å². The molecule has 0 atom stereocenters. The summed E-state index contributed by atoms with van der Waals surface area (Å²) in [7, 11) is -3.93. The second-order valence-electron chi connectivity index (χ2n) is 7.58. The molecule has 2 N–H and O–H groups in total. The molecule has 0 spiro atoms. The van der Waals surface area contributed by atoms with Crippen molar-refractivity contribution >= 4 is 21.7 Å². The van der Waals surface area contributed by atoms with E-state index < -0.39 is 10.0 Å². The van der Waals surface area contributed by atoms with E-state index >= 15 is 0 Å². The molecule has 32 heavy (non-hydrogen) atoms.